The van der Waals surface area contributed by atoms with Crippen LogP contribution in [0.2, 0.25) is 5.02 Å². The lowest BCUT2D eigenvalue weighted by atomic mass is 9.99. The number of halogens is 2. The van der Waals surface area contributed by atoms with Crippen molar-refractivity contribution >= 4 is 22.5 Å². The minimum absolute atomic E-state index is 0.223. The van der Waals surface area contributed by atoms with Crippen molar-refractivity contribution in [1.82, 2.24) is 9.55 Å². The molecule has 0 fully saturated rings. The lowest BCUT2D eigenvalue weighted by Crippen LogP contribution is -2.17. The number of benzene rings is 2. The van der Waals surface area contributed by atoms with E-state index in [-0.39, 0.29) is 11.4 Å². The zero-order valence-electron chi connectivity index (χ0n) is 14.9. The molecule has 0 aliphatic rings. The molecule has 0 spiro atoms. The highest BCUT2D eigenvalue weighted by molar-refractivity contribution is 6.30. The lowest BCUT2D eigenvalue weighted by Gasteiger charge is -2.15. The summed E-state index contributed by atoms with van der Waals surface area (Å²) in [5.74, 6) is -0.387. The van der Waals surface area contributed by atoms with E-state index in [1.165, 1.54) is 22.8 Å². The van der Waals surface area contributed by atoms with Gasteiger partial charge < -0.3 is 9.67 Å². The van der Waals surface area contributed by atoms with Crippen LogP contribution >= 0.6 is 11.6 Å². The number of aliphatic hydroxyl groups is 1. The Morgan fingerprint density at radius 2 is 1.86 bits per heavy atom. The van der Waals surface area contributed by atoms with E-state index >= 15 is 0 Å². The van der Waals surface area contributed by atoms with Crippen molar-refractivity contribution in [3.05, 3.63) is 99.3 Å². The Morgan fingerprint density at radius 3 is 2.57 bits per heavy atom. The van der Waals surface area contributed by atoms with Crippen molar-refractivity contribution in [2.24, 2.45) is 7.05 Å². The van der Waals surface area contributed by atoms with Crippen molar-refractivity contribution in [3.63, 3.8) is 0 Å². The molecular formula is C22H16ClFN2O2. The van der Waals surface area contributed by atoms with Crippen molar-refractivity contribution < 1.29 is 9.50 Å². The second kappa shape index (κ2) is 7.19. The molecule has 0 aliphatic carbocycles. The molecular weight excluding hydrogens is 379 g/mol. The third-order valence-corrected chi connectivity index (χ3v) is 5.01. The molecule has 4 nitrogen and oxygen atoms in total. The number of nitrogens with zero attached hydrogens (tertiary/aromatic N) is 2. The Morgan fingerprint density at radius 1 is 1.11 bits per heavy atom. The number of hydrogen-bond acceptors (Lipinski definition) is 3. The van der Waals surface area contributed by atoms with Crippen molar-refractivity contribution in [2.45, 2.75) is 6.10 Å². The van der Waals surface area contributed by atoms with Gasteiger partial charge in [-0.25, -0.2) is 4.39 Å². The van der Waals surface area contributed by atoms with Crippen LogP contribution in [0.5, 0.6) is 0 Å². The van der Waals surface area contributed by atoms with Gasteiger partial charge in [0.2, 0.25) is 0 Å². The molecule has 6 heteroatoms. The second-order valence-electron chi connectivity index (χ2n) is 6.55. The maximum absolute atomic E-state index is 13.7. The molecule has 2 heterocycles. The summed E-state index contributed by atoms with van der Waals surface area (Å²) < 4.78 is 15.2. The number of fused-ring (bicyclic) bond motifs is 1. The molecule has 0 saturated carbocycles. The molecule has 0 amide bonds. The van der Waals surface area contributed by atoms with E-state index in [2.05, 4.69) is 4.98 Å². The first-order chi connectivity index (χ1) is 13.4. The van der Waals surface area contributed by atoms with E-state index in [0.29, 0.717) is 38.3 Å². The van der Waals surface area contributed by atoms with Crippen molar-refractivity contribution in [1.29, 1.82) is 0 Å². The van der Waals surface area contributed by atoms with Gasteiger partial charge in [0.05, 0.1) is 17.4 Å². The highest BCUT2D eigenvalue weighted by Crippen LogP contribution is 2.30. The summed E-state index contributed by atoms with van der Waals surface area (Å²) >= 11 is 5.91. The maximum Gasteiger partial charge on any atom is 0.251 e. The Kier molecular flexibility index (Phi) is 4.71. The molecule has 0 radical (unpaired) electrons. The lowest BCUT2D eigenvalue weighted by molar-refractivity contribution is 0.215. The van der Waals surface area contributed by atoms with Gasteiger partial charge in [-0.2, -0.15) is 0 Å². The highest BCUT2D eigenvalue weighted by Gasteiger charge is 2.16. The summed E-state index contributed by atoms with van der Waals surface area (Å²) in [4.78, 5) is 16.7. The molecule has 28 heavy (non-hydrogen) atoms. The van der Waals surface area contributed by atoms with Crippen molar-refractivity contribution in [3.8, 4) is 11.1 Å². The van der Waals surface area contributed by atoms with Crippen LogP contribution in [-0.2, 0) is 7.05 Å². The molecule has 0 bridgehead atoms. The molecule has 4 rings (SSSR count). The summed E-state index contributed by atoms with van der Waals surface area (Å²) in [5.41, 5.74) is 2.61. The van der Waals surface area contributed by atoms with E-state index < -0.39 is 6.10 Å². The van der Waals surface area contributed by atoms with E-state index in [1.807, 2.05) is 0 Å². The van der Waals surface area contributed by atoms with Crippen LogP contribution < -0.4 is 5.56 Å². The Bertz CT molecular complexity index is 1240. The first-order valence-electron chi connectivity index (χ1n) is 8.63. The topological polar surface area (TPSA) is 55.1 Å². The number of hydrogen-bond donors (Lipinski definition) is 1. The first kappa shape index (κ1) is 18.3. The molecule has 0 aliphatic heterocycles. The summed E-state index contributed by atoms with van der Waals surface area (Å²) in [6, 6.07) is 16.1. The van der Waals surface area contributed by atoms with E-state index in [4.69, 9.17) is 11.6 Å². The van der Waals surface area contributed by atoms with Crippen molar-refractivity contribution in [2.75, 3.05) is 0 Å². The zero-order valence-corrected chi connectivity index (χ0v) is 15.7. The fourth-order valence-corrected chi connectivity index (χ4v) is 3.35. The number of aliphatic hydroxyl groups excluding tert-OH is 1. The Labute approximate surface area is 165 Å². The molecule has 0 saturated heterocycles. The van der Waals surface area contributed by atoms with Crippen LogP contribution in [0.3, 0.4) is 0 Å². The first-order valence-corrected chi connectivity index (χ1v) is 9.01. The molecule has 2 aromatic carbocycles. The highest BCUT2D eigenvalue weighted by atomic mass is 35.5. The molecule has 1 atom stereocenters. The van der Waals surface area contributed by atoms with Gasteiger partial charge in [-0.1, -0.05) is 35.9 Å². The van der Waals surface area contributed by atoms with Gasteiger partial charge in [-0.15, -0.1) is 0 Å². The second-order valence-corrected chi connectivity index (χ2v) is 6.98. The average molecular weight is 395 g/mol. The number of aryl methyl sites for hydroxylation is 1. The molecule has 140 valence electrons. The van der Waals surface area contributed by atoms with Crippen LogP contribution in [0, 0.1) is 5.82 Å². The Hall–Kier alpha value is -3.02. The number of rotatable bonds is 3. The smallest absolute Gasteiger partial charge is 0.251 e. The molecule has 4 aromatic rings. The summed E-state index contributed by atoms with van der Waals surface area (Å²) in [7, 11) is 1.65. The third-order valence-electron chi connectivity index (χ3n) is 4.76. The van der Waals surface area contributed by atoms with Gasteiger partial charge in [0.15, 0.2) is 0 Å². The predicted octanol–water partition coefficient (Wildman–Crippen LogP) is 4.47. The van der Waals surface area contributed by atoms with Gasteiger partial charge >= 0.3 is 0 Å². The van der Waals surface area contributed by atoms with Gasteiger partial charge in [0.25, 0.3) is 5.56 Å². The predicted molar refractivity (Wildman–Crippen MR) is 108 cm³/mol. The average Bonchev–Trinajstić information content (AvgIpc) is 2.70. The summed E-state index contributed by atoms with van der Waals surface area (Å²) in [6.45, 7) is 0. The standard InChI is InChI=1S/C22H16ClFN2O2/c1-26-20-12-25-19(22(28)13-5-7-15(23)8-6-13)10-18(20)17(11-21(26)27)14-3-2-4-16(24)9-14/h2-12,22,28H,1H3. The van der Waals surface area contributed by atoms with E-state index in [1.54, 1.807) is 55.7 Å². The molecule has 1 N–H and O–H groups in total. The number of pyridine rings is 2. The van der Waals surface area contributed by atoms with E-state index in [9.17, 15) is 14.3 Å². The third kappa shape index (κ3) is 3.30. The van der Waals surface area contributed by atoms with Gasteiger partial charge in [0.1, 0.15) is 11.9 Å². The summed E-state index contributed by atoms with van der Waals surface area (Å²) in [6.07, 6.45) is 0.591. The summed E-state index contributed by atoms with van der Waals surface area (Å²) in [5, 5.41) is 12.0. The zero-order chi connectivity index (χ0) is 19.8. The quantitative estimate of drug-likeness (QED) is 0.557. The van der Waals surface area contributed by atoms with Crippen LogP contribution in [-0.4, -0.2) is 14.7 Å². The van der Waals surface area contributed by atoms with Gasteiger partial charge in [0, 0.05) is 23.5 Å². The maximum atomic E-state index is 13.7. The van der Waals surface area contributed by atoms with Gasteiger partial charge in [-0.05, 0) is 47.0 Å². The van der Waals surface area contributed by atoms with Crippen LogP contribution in [0.4, 0.5) is 4.39 Å². The molecule has 2 aromatic heterocycles. The SMILES string of the molecule is Cn1c(=O)cc(-c2cccc(F)c2)c2cc(C(O)c3ccc(Cl)cc3)ncc21. The van der Waals surface area contributed by atoms with Gasteiger partial charge in [-0.3, -0.25) is 9.78 Å². The van der Waals surface area contributed by atoms with Crippen LogP contribution in [0.1, 0.15) is 17.4 Å². The molecule has 1 unspecified atom stereocenters. The van der Waals surface area contributed by atoms with Crippen LogP contribution in [0.25, 0.3) is 22.0 Å². The van der Waals surface area contributed by atoms with E-state index in [0.717, 1.165) is 0 Å². The number of aromatic nitrogens is 2. The van der Waals surface area contributed by atoms with Crippen LogP contribution in [0.15, 0.2) is 71.7 Å². The minimum Gasteiger partial charge on any atom is -0.382 e. The fraction of sp³-hybridized carbons (Fsp3) is 0.0909. The monoisotopic (exact) mass is 394 g/mol. The Balaban J connectivity index is 1.92. The normalized spacial score (nSPS) is 12.3. The fourth-order valence-electron chi connectivity index (χ4n) is 3.22. The largest absolute Gasteiger partial charge is 0.382 e. The minimum atomic E-state index is -0.959.